The highest BCUT2D eigenvalue weighted by Crippen LogP contribution is 2.25. The van der Waals surface area contributed by atoms with E-state index in [1.165, 1.54) is 12.1 Å². The lowest BCUT2D eigenvalue weighted by molar-refractivity contribution is -0.124. The van der Waals surface area contributed by atoms with Gasteiger partial charge in [0.05, 0.1) is 12.6 Å². The van der Waals surface area contributed by atoms with Crippen molar-refractivity contribution in [2.24, 2.45) is 5.92 Å². The molecule has 0 spiro atoms. The fourth-order valence-electron chi connectivity index (χ4n) is 2.91. The maximum absolute atomic E-state index is 13.0. The van der Waals surface area contributed by atoms with Crippen LogP contribution in [0.5, 0.6) is 0 Å². The molecule has 2 aliphatic heterocycles. The minimum atomic E-state index is -0.219. The topological polar surface area (TPSA) is 56.4 Å². The molecule has 20 heavy (non-hydrogen) atoms. The Morgan fingerprint density at radius 1 is 1.30 bits per heavy atom. The summed E-state index contributed by atoms with van der Waals surface area (Å²) in [4.78, 5) is 13.6. The molecule has 2 heterocycles. The van der Waals surface area contributed by atoms with Crippen LogP contribution >= 0.6 is 0 Å². The Labute approximate surface area is 117 Å². The third-order valence-corrected chi connectivity index (χ3v) is 3.93. The van der Waals surface area contributed by atoms with Crippen LogP contribution in [0.2, 0.25) is 0 Å². The van der Waals surface area contributed by atoms with Crippen molar-refractivity contribution in [3.05, 3.63) is 35.6 Å². The van der Waals surface area contributed by atoms with Crippen LogP contribution in [0.1, 0.15) is 11.6 Å². The number of nitrogens with one attached hydrogen (secondary N) is 3. The van der Waals surface area contributed by atoms with E-state index in [-0.39, 0.29) is 17.8 Å². The van der Waals surface area contributed by atoms with Gasteiger partial charge in [-0.05, 0) is 17.7 Å². The molecule has 1 amide bonds. The Balaban J connectivity index is 1.66. The number of nitrogens with zero attached hydrogens (tertiary/aromatic N) is 1. The molecular weight excluding hydrogens is 259 g/mol. The summed E-state index contributed by atoms with van der Waals surface area (Å²) >= 11 is 0. The molecule has 0 saturated carbocycles. The molecular formula is C14H19FN4O. The minimum absolute atomic E-state index is 0.0912. The van der Waals surface area contributed by atoms with E-state index in [0.717, 1.165) is 25.2 Å². The van der Waals surface area contributed by atoms with Crippen LogP contribution < -0.4 is 16.2 Å². The fraction of sp³-hybridized carbons (Fsp3) is 0.500. The van der Waals surface area contributed by atoms with E-state index >= 15 is 0 Å². The standard InChI is InChI=1S/C14H19FN4O/c15-12-3-1-10(2-4-12)14-11(7-17-18-14)8-19-6-5-16-13(20)9-19/h1-4,11,14,17-18H,5-9H2,(H,16,20). The summed E-state index contributed by atoms with van der Waals surface area (Å²) in [6.45, 7) is 3.77. The number of amides is 1. The highest BCUT2D eigenvalue weighted by atomic mass is 19.1. The molecule has 0 bridgehead atoms. The van der Waals surface area contributed by atoms with Gasteiger partial charge in [0, 0.05) is 32.1 Å². The largest absolute Gasteiger partial charge is 0.354 e. The Morgan fingerprint density at radius 3 is 2.85 bits per heavy atom. The zero-order valence-corrected chi connectivity index (χ0v) is 11.2. The van der Waals surface area contributed by atoms with Crippen molar-refractivity contribution in [1.29, 1.82) is 0 Å². The second kappa shape index (κ2) is 5.87. The Kier molecular flexibility index (Phi) is 3.95. The van der Waals surface area contributed by atoms with Gasteiger partial charge in [0.15, 0.2) is 0 Å². The second-order valence-corrected chi connectivity index (χ2v) is 5.40. The molecule has 6 heteroatoms. The van der Waals surface area contributed by atoms with Gasteiger partial charge < -0.3 is 5.32 Å². The summed E-state index contributed by atoms with van der Waals surface area (Å²) in [6.07, 6.45) is 0. The van der Waals surface area contributed by atoms with Crippen LogP contribution in [0.25, 0.3) is 0 Å². The highest BCUT2D eigenvalue weighted by Gasteiger charge is 2.30. The Hall–Kier alpha value is -1.50. The summed E-state index contributed by atoms with van der Waals surface area (Å²) in [5.74, 6) is 0.240. The van der Waals surface area contributed by atoms with E-state index in [1.54, 1.807) is 0 Å². The van der Waals surface area contributed by atoms with E-state index in [2.05, 4.69) is 21.1 Å². The fourth-order valence-corrected chi connectivity index (χ4v) is 2.91. The van der Waals surface area contributed by atoms with Crippen LogP contribution in [0.4, 0.5) is 4.39 Å². The first-order chi connectivity index (χ1) is 9.72. The summed E-state index contributed by atoms with van der Waals surface area (Å²) in [7, 11) is 0. The van der Waals surface area contributed by atoms with Gasteiger partial charge in [0.25, 0.3) is 0 Å². The van der Waals surface area contributed by atoms with E-state index in [4.69, 9.17) is 0 Å². The number of carbonyl (C=O) groups is 1. The first-order valence-electron chi connectivity index (χ1n) is 6.95. The summed E-state index contributed by atoms with van der Waals surface area (Å²) in [5.41, 5.74) is 7.48. The van der Waals surface area contributed by atoms with Crippen molar-refractivity contribution in [2.45, 2.75) is 6.04 Å². The number of hydrazine groups is 1. The van der Waals surface area contributed by atoms with Gasteiger partial charge in [-0.25, -0.2) is 9.82 Å². The normalized spacial score (nSPS) is 27.6. The average molecular weight is 278 g/mol. The van der Waals surface area contributed by atoms with Gasteiger partial charge in [-0.2, -0.15) is 0 Å². The number of piperazine rings is 1. The molecule has 2 unspecified atom stereocenters. The number of rotatable bonds is 3. The summed E-state index contributed by atoms with van der Waals surface area (Å²) < 4.78 is 13.0. The lowest BCUT2D eigenvalue weighted by Crippen LogP contribution is -2.49. The first-order valence-corrected chi connectivity index (χ1v) is 6.95. The molecule has 2 fully saturated rings. The predicted molar refractivity (Wildman–Crippen MR) is 73.2 cm³/mol. The van der Waals surface area contributed by atoms with Gasteiger partial charge in [-0.3, -0.25) is 15.1 Å². The molecule has 1 aromatic carbocycles. The molecule has 1 aromatic rings. The molecule has 5 nitrogen and oxygen atoms in total. The van der Waals surface area contributed by atoms with E-state index in [0.29, 0.717) is 19.0 Å². The van der Waals surface area contributed by atoms with Crippen molar-refractivity contribution >= 4 is 5.91 Å². The van der Waals surface area contributed by atoms with Crippen LogP contribution in [-0.4, -0.2) is 43.5 Å². The van der Waals surface area contributed by atoms with Crippen LogP contribution in [-0.2, 0) is 4.79 Å². The summed E-state index contributed by atoms with van der Waals surface area (Å²) in [6, 6.07) is 6.76. The summed E-state index contributed by atoms with van der Waals surface area (Å²) in [5, 5.41) is 2.83. The first kappa shape index (κ1) is 13.5. The number of halogens is 1. The Morgan fingerprint density at radius 2 is 2.10 bits per heavy atom. The van der Waals surface area contributed by atoms with Gasteiger partial charge in [0.2, 0.25) is 5.91 Å². The lowest BCUT2D eigenvalue weighted by atomic mass is 9.94. The van der Waals surface area contributed by atoms with E-state index < -0.39 is 0 Å². The van der Waals surface area contributed by atoms with Crippen LogP contribution in [0, 0.1) is 11.7 Å². The minimum Gasteiger partial charge on any atom is -0.354 e. The van der Waals surface area contributed by atoms with Crippen molar-refractivity contribution in [3.63, 3.8) is 0 Å². The predicted octanol–water partition coefficient (Wildman–Crippen LogP) is 0.0226. The molecule has 0 radical (unpaired) electrons. The van der Waals surface area contributed by atoms with E-state index in [1.807, 2.05) is 12.1 Å². The molecule has 0 aliphatic carbocycles. The number of hydrogen-bond donors (Lipinski definition) is 3. The van der Waals surface area contributed by atoms with Crippen LogP contribution in [0.3, 0.4) is 0 Å². The lowest BCUT2D eigenvalue weighted by Gasteiger charge is -2.30. The van der Waals surface area contributed by atoms with Crippen molar-refractivity contribution in [1.82, 2.24) is 21.1 Å². The Bertz CT molecular complexity index is 479. The van der Waals surface area contributed by atoms with Crippen molar-refractivity contribution in [3.8, 4) is 0 Å². The van der Waals surface area contributed by atoms with E-state index in [9.17, 15) is 9.18 Å². The molecule has 108 valence electrons. The zero-order chi connectivity index (χ0) is 13.9. The molecule has 2 atom stereocenters. The van der Waals surface area contributed by atoms with Crippen molar-refractivity contribution < 1.29 is 9.18 Å². The maximum Gasteiger partial charge on any atom is 0.234 e. The molecule has 3 rings (SSSR count). The highest BCUT2D eigenvalue weighted by molar-refractivity contribution is 5.78. The SMILES string of the molecule is O=C1CN(CC2CNNC2c2ccc(F)cc2)CCN1. The molecule has 2 aliphatic rings. The van der Waals surface area contributed by atoms with Crippen LogP contribution in [0.15, 0.2) is 24.3 Å². The third kappa shape index (κ3) is 2.98. The smallest absolute Gasteiger partial charge is 0.234 e. The number of carbonyl (C=O) groups excluding carboxylic acids is 1. The van der Waals surface area contributed by atoms with Gasteiger partial charge in [-0.15, -0.1) is 0 Å². The van der Waals surface area contributed by atoms with Gasteiger partial charge in [0.1, 0.15) is 5.82 Å². The average Bonchev–Trinajstić information content (AvgIpc) is 2.88. The van der Waals surface area contributed by atoms with Crippen molar-refractivity contribution in [2.75, 3.05) is 32.7 Å². The molecule has 0 aromatic heterocycles. The number of benzene rings is 1. The van der Waals surface area contributed by atoms with Gasteiger partial charge in [-0.1, -0.05) is 12.1 Å². The third-order valence-electron chi connectivity index (χ3n) is 3.93. The second-order valence-electron chi connectivity index (χ2n) is 5.40. The monoisotopic (exact) mass is 278 g/mol. The molecule has 2 saturated heterocycles. The quantitative estimate of drug-likeness (QED) is 0.730. The number of hydrogen-bond acceptors (Lipinski definition) is 4. The van der Waals surface area contributed by atoms with Gasteiger partial charge >= 0.3 is 0 Å². The molecule has 3 N–H and O–H groups in total. The maximum atomic E-state index is 13.0. The zero-order valence-electron chi connectivity index (χ0n) is 11.2.